The van der Waals surface area contributed by atoms with Crippen molar-refractivity contribution in [2.75, 3.05) is 13.1 Å². The van der Waals surface area contributed by atoms with E-state index in [0.29, 0.717) is 10.1 Å². The minimum atomic E-state index is -0.517. The van der Waals surface area contributed by atoms with E-state index in [0.717, 1.165) is 25.6 Å². The van der Waals surface area contributed by atoms with Crippen molar-refractivity contribution < 1.29 is 8.78 Å². The number of nitrogens with one attached hydrogen (secondary N) is 1. The van der Waals surface area contributed by atoms with Crippen LogP contribution in [0.3, 0.4) is 0 Å². The molecule has 1 aliphatic heterocycles. The zero-order valence-corrected chi connectivity index (χ0v) is 8.41. The molecule has 1 N–H and O–H groups in total. The van der Waals surface area contributed by atoms with Gasteiger partial charge in [-0.3, -0.25) is 0 Å². The Bertz CT molecular complexity index is 324. The summed E-state index contributed by atoms with van der Waals surface area (Å²) in [5.74, 6) is -0.974. The molecule has 1 nitrogen and oxygen atoms in total. The van der Waals surface area contributed by atoms with Crippen LogP contribution in [-0.4, -0.2) is 18.3 Å². The molecule has 1 aromatic carbocycles. The van der Waals surface area contributed by atoms with Crippen molar-refractivity contribution in [2.24, 2.45) is 0 Å². The first-order valence-electron chi connectivity index (χ1n) is 4.58. The lowest BCUT2D eigenvalue weighted by atomic mass is 10.3. The molecule has 0 saturated carbocycles. The summed E-state index contributed by atoms with van der Waals surface area (Å²) in [6.07, 6.45) is 1.04. The molecular weight excluding hydrogens is 204 g/mol. The van der Waals surface area contributed by atoms with Crippen molar-refractivity contribution in [1.29, 1.82) is 0 Å². The Hall–Kier alpha value is -0.610. The summed E-state index contributed by atoms with van der Waals surface area (Å²) in [7, 11) is 0. The first-order chi connectivity index (χ1) is 6.75. The number of rotatable bonds is 2. The molecule has 0 bridgehead atoms. The fraction of sp³-hybridized carbons (Fsp3) is 0.400. The van der Waals surface area contributed by atoms with Gasteiger partial charge < -0.3 is 5.32 Å². The van der Waals surface area contributed by atoms with Crippen LogP contribution in [0.25, 0.3) is 0 Å². The van der Waals surface area contributed by atoms with Gasteiger partial charge in [-0.1, -0.05) is 0 Å². The standard InChI is InChI=1S/C10H11F2NS/c11-7-1-2-10(9(12)5-7)14-8-3-4-13-6-8/h1-2,5,8,13H,3-4,6H2/t8-/m0/s1. The fourth-order valence-corrected chi connectivity index (χ4v) is 2.59. The van der Waals surface area contributed by atoms with E-state index in [2.05, 4.69) is 5.32 Å². The summed E-state index contributed by atoms with van der Waals surface area (Å²) in [5, 5.41) is 3.62. The Morgan fingerprint density at radius 2 is 2.21 bits per heavy atom. The summed E-state index contributed by atoms with van der Waals surface area (Å²) in [5.41, 5.74) is 0. The molecular formula is C10H11F2NS. The molecule has 14 heavy (non-hydrogen) atoms. The van der Waals surface area contributed by atoms with Crippen LogP contribution >= 0.6 is 11.8 Å². The van der Waals surface area contributed by atoms with Crippen LogP contribution < -0.4 is 5.32 Å². The number of halogens is 2. The van der Waals surface area contributed by atoms with E-state index in [1.165, 1.54) is 23.9 Å². The molecule has 1 heterocycles. The molecule has 2 rings (SSSR count). The molecule has 0 unspecified atom stereocenters. The SMILES string of the molecule is Fc1ccc(S[C@H]2CCNC2)c(F)c1. The topological polar surface area (TPSA) is 12.0 Å². The number of benzene rings is 1. The Labute approximate surface area is 85.9 Å². The second-order valence-corrected chi connectivity index (χ2v) is 4.65. The van der Waals surface area contributed by atoms with Crippen molar-refractivity contribution in [2.45, 2.75) is 16.6 Å². The van der Waals surface area contributed by atoms with Crippen molar-refractivity contribution in [3.63, 3.8) is 0 Å². The van der Waals surface area contributed by atoms with Crippen LogP contribution in [0.15, 0.2) is 23.1 Å². The second-order valence-electron chi connectivity index (χ2n) is 3.31. The molecule has 0 aromatic heterocycles. The Balaban J connectivity index is 2.08. The smallest absolute Gasteiger partial charge is 0.139 e. The van der Waals surface area contributed by atoms with Crippen LogP contribution in [0, 0.1) is 11.6 Å². The van der Waals surface area contributed by atoms with Crippen molar-refractivity contribution in [3.8, 4) is 0 Å². The Kier molecular flexibility index (Phi) is 3.03. The highest BCUT2D eigenvalue weighted by Gasteiger charge is 2.17. The quantitative estimate of drug-likeness (QED) is 0.813. The largest absolute Gasteiger partial charge is 0.316 e. The zero-order valence-electron chi connectivity index (χ0n) is 7.59. The van der Waals surface area contributed by atoms with Crippen LogP contribution in [0.2, 0.25) is 0 Å². The minimum absolute atomic E-state index is 0.412. The van der Waals surface area contributed by atoms with Gasteiger partial charge in [-0.05, 0) is 25.1 Å². The van der Waals surface area contributed by atoms with Gasteiger partial charge in [0.2, 0.25) is 0 Å². The zero-order chi connectivity index (χ0) is 9.97. The molecule has 1 aromatic rings. The van der Waals surface area contributed by atoms with E-state index >= 15 is 0 Å². The fourth-order valence-electron chi connectivity index (χ4n) is 1.48. The van der Waals surface area contributed by atoms with Gasteiger partial charge in [-0.25, -0.2) is 8.78 Å². The van der Waals surface area contributed by atoms with Crippen molar-refractivity contribution in [1.82, 2.24) is 5.32 Å². The highest BCUT2D eigenvalue weighted by molar-refractivity contribution is 8.00. The van der Waals surface area contributed by atoms with Gasteiger partial charge in [0.1, 0.15) is 11.6 Å². The maximum absolute atomic E-state index is 13.2. The summed E-state index contributed by atoms with van der Waals surface area (Å²) in [6, 6.07) is 3.74. The van der Waals surface area contributed by atoms with Crippen molar-refractivity contribution in [3.05, 3.63) is 29.8 Å². The average molecular weight is 215 g/mol. The third-order valence-corrected chi connectivity index (χ3v) is 3.52. The number of hydrogen-bond acceptors (Lipinski definition) is 2. The maximum atomic E-state index is 13.2. The molecule has 1 atom stereocenters. The van der Waals surface area contributed by atoms with Gasteiger partial charge in [-0.2, -0.15) is 0 Å². The predicted octanol–water partition coefficient (Wildman–Crippen LogP) is 2.42. The van der Waals surface area contributed by atoms with E-state index in [4.69, 9.17) is 0 Å². The summed E-state index contributed by atoms with van der Waals surface area (Å²) >= 11 is 1.48. The van der Waals surface area contributed by atoms with Crippen LogP contribution in [0.5, 0.6) is 0 Å². The van der Waals surface area contributed by atoms with E-state index in [9.17, 15) is 8.78 Å². The molecule has 1 saturated heterocycles. The maximum Gasteiger partial charge on any atom is 0.139 e. The van der Waals surface area contributed by atoms with Crippen LogP contribution in [0.1, 0.15) is 6.42 Å². The highest BCUT2D eigenvalue weighted by Crippen LogP contribution is 2.29. The molecule has 1 aliphatic rings. The van der Waals surface area contributed by atoms with E-state index in [-0.39, 0.29) is 0 Å². The van der Waals surface area contributed by atoms with Gasteiger partial charge >= 0.3 is 0 Å². The van der Waals surface area contributed by atoms with Gasteiger partial charge in [0.05, 0.1) is 0 Å². The summed E-state index contributed by atoms with van der Waals surface area (Å²) < 4.78 is 25.8. The molecule has 0 spiro atoms. The monoisotopic (exact) mass is 215 g/mol. The molecule has 76 valence electrons. The van der Waals surface area contributed by atoms with Gasteiger partial charge in [0.25, 0.3) is 0 Å². The third kappa shape index (κ3) is 2.25. The summed E-state index contributed by atoms with van der Waals surface area (Å²) in [6.45, 7) is 1.89. The van der Waals surface area contributed by atoms with Crippen LogP contribution in [-0.2, 0) is 0 Å². The first kappa shape index (κ1) is 9.93. The number of hydrogen-bond donors (Lipinski definition) is 1. The molecule has 0 aliphatic carbocycles. The van der Waals surface area contributed by atoms with Gasteiger partial charge in [0.15, 0.2) is 0 Å². The lowest BCUT2D eigenvalue weighted by Crippen LogP contribution is -2.10. The number of thioether (sulfide) groups is 1. The van der Waals surface area contributed by atoms with Crippen molar-refractivity contribution >= 4 is 11.8 Å². The second kappa shape index (κ2) is 4.28. The van der Waals surface area contributed by atoms with E-state index in [1.807, 2.05) is 0 Å². The summed E-state index contributed by atoms with van der Waals surface area (Å²) in [4.78, 5) is 0.542. The Morgan fingerprint density at radius 1 is 1.36 bits per heavy atom. The lowest BCUT2D eigenvalue weighted by Gasteiger charge is -2.08. The lowest BCUT2D eigenvalue weighted by molar-refractivity contribution is 0.565. The molecule has 0 radical (unpaired) electrons. The minimum Gasteiger partial charge on any atom is -0.316 e. The molecule has 1 fully saturated rings. The van der Waals surface area contributed by atoms with Gasteiger partial charge in [-0.15, -0.1) is 11.8 Å². The average Bonchev–Trinajstić information content (AvgIpc) is 2.62. The Morgan fingerprint density at radius 3 is 2.86 bits per heavy atom. The normalized spacial score (nSPS) is 21.4. The van der Waals surface area contributed by atoms with Crippen LogP contribution in [0.4, 0.5) is 8.78 Å². The first-order valence-corrected chi connectivity index (χ1v) is 5.46. The van der Waals surface area contributed by atoms with Gasteiger partial charge in [0, 0.05) is 22.8 Å². The molecule has 4 heteroatoms. The van der Waals surface area contributed by atoms with E-state index in [1.54, 1.807) is 0 Å². The third-order valence-electron chi connectivity index (χ3n) is 2.20. The molecule has 0 amide bonds. The predicted molar refractivity (Wildman–Crippen MR) is 53.5 cm³/mol. The van der Waals surface area contributed by atoms with E-state index < -0.39 is 11.6 Å². The highest BCUT2D eigenvalue weighted by atomic mass is 32.2.